The molecule has 0 unspecified atom stereocenters. The first-order valence-corrected chi connectivity index (χ1v) is 2.81. The molecule has 0 aliphatic heterocycles. The third kappa shape index (κ3) is 5.87. The van der Waals surface area contributed by atoms with Gasteiger partial charge >= 0.3 is 0 Å². The zero-order valence-electron chi connectivity index (χ0n) is 5.33. The largest absolute Gasteiger partial charge is 0.394 e. The summed E-state index contributed by atoms with van der Waals surface area (Å²) in [6, 6.07) is 0. The molecule has 0 bridgehead atoms. The van der Waals surface area contributed by atoms with Gasteiger partial charge in [0.25, 0.3) is 6.43 Å². The SMILES string of the molecule is OC[C@@H](O)COCC(F)F. The summed E-state index contributed by atoms with van der Waals surface area (Å²) in [6.45, 7) is -1.42. The maximum absolute atomic E-state index is 11.3. The summed E-state index contributed by atoms with van der Waals surface area (Å²) < 4.78 is 26.9. The average Bonchev–Trinajstić information content (AvgIpc) is 1.87. The maximum atomic E-state index is 11.3. The highest BCUT2D eigenvalue weighted by molar-refractivity contribution is 4.48. The van der Waals surface area contributed by atoms with Crippen LogP contribution in [-0.4, -0.2) is 42.6 Å². The van der Waals surface area contributed by atoms with E-state index in [1.165, 1.54) is 0 Å². The van der Waals surface area contributed by atoms with Gasteiger partial charge in [-0.15, -0.1) is 0 Å². The average molecular weight is 156 g/mol. The molecule has 0 amide bonds. The molecule has 0 rings (SSSR count). The molecule has 0 heterocycles. The van der Waals surface area contributed by atoms with Gasteiger partial charge in [-0.1, -0.05) is 0 Å². The number of alkyl halides is 2. The topological polar surface area (TPSA) is 49.7 Å². The predicted octanol–water partition coefficient (Wildman–Crippen LogP) is -0.379. The minimum absolute atomic E-state index is 0.249. The Morgan fingerprint density at radius 2 is 1.90 bits per heavy atom. The van der Waals surface area contributed by atoms with Crippen molar-refractivity contribution in [3.63, 3.8) is 0 Å². The van der Waals surface area contributed by atoms with E-state index in [2.05, 4.69) is 4.74 Å². The Kier molecular flexibility index (Phi) is 5.38. The van der Waals surface area contributed by atoms with Gasteiger partial charge in [0.2, 0.25) is 0 Å². The van der Waals surface area contributed by atoms with Gasteiger partial charge in [0, 0.05) is 0 Å². The summed E-state index contributed by atoms with van der Waals surface area (Å²) in [5.74, 6) is 0. The molecule has 10 heavy (non-hydrogen) atoms. The molecule has 0 radical (unpaired) electrons. The second-order valence-corrected chi connectivity index (χ2v) is 1.76. The third-order valence-corrected chi connectivity index (χ3v) is 0.765. The monoisotopic (exact) mass is 156 g/mol. The van der Waals surface area contributed by atoms with E-state index in [9.17, 15) is 8.78 Å². The molecule has 0 aromatic rings. The van der Waals surface area contributed by atoms with Gasteiger partial charge < -0.3 is 14.9 Å². The first kappa shape index (κ1) is 9.74. The molecule has 3 nitrogen and oxygen atoms in total. The molecule has 0 aromatic heterocycles. The normalized spacial score (nSPS) is 14.1. The lowest BCUT2D eigenvalue weighted by Gasteiger charge is -2.06. The van der Waals surface area contributed by atoms with Gasteiger partial charge in [0.05, 0.1) is 13.2 Å². The lowest BCUT2D eigenvalue weighted by atomic mass is 10.4. The van der Waals surface area contributed by atoms with E-state index < -0.39 is 25.7 Å². The Hall–Kier alpha value is -0.260. The predicted molar refractivity (Wildman–Crippen MR) is 29.9 cm³/mol. The maximum Gasteiger partial charge on any atom is 0.261 e. The summed E-state index contributed by atoms with van der Waals surface area (Å²) in [5.41, 5.74) is 0. The smallest absolute Gasteiger partial charge is 0.261 e. The minimum Gasteiger partial charge on any atom is -0.394 e. The first-order chi connectivity index (χ1) is 4.66. The fourth-order valence-corrected chi connectivity index (χ4v) is 0.346. The molecule has 0 saturated heterocycles. The van der Waals surface area contributed by atoms with Gasteiger partial charge in [0.15, 0.2) is 0 Å². The van der Waals surface area contributed by atoms with Crippen LogP contribution in [0.15, 0.2) is 0 Å². The number of rotatable bonds is 5. The Morgan fingerprint density at radius 1 is 1.30 bits per heavy atom. The van der Waals surface area contributed by atoms with Crippen LogP contribution in [0.1, 0.15) is 0 Å². The van der Waals surface area contributed by atoms with E-state index >= 15 is 0 Å². The standard InChI is InChI=1S/C5H10F2O3/c6-5(7)3-10-2-4(9)1-8/h4-5,8-9H,1-3H2/t4-/m1/s1. The number of ether oxygens (including phenoxy) is 1. The van der Waals surface area contributed by atoms with Crippen molar-refractivity contribution in [2.45, 2.75) is 12.5 Å². The number of halogens is 2. The molecule has 0 saturated carbocycles. The van der Waals surface area contributed by atoms with Crippen molar-refractivity contribution >= 4 is 0 Å². The highest BCUT2D eigenvalue weighted by Crippen LogP contribution is 1.93. The fourth-order valence-electron chi connectivity index (χ4n) is 0.346. The first-order valence-electron chi connectivity index (χ1n) is 2.81. The van der Waals surface area contributed by atoms with Crippen molar-refractivity contribution in [1.29, 1.82) is 0 Å². The molecule has 5 heteroatoms. The highest BCUT2D eigenvalue weighted by atomic mass is 19.3. The van der Waals surface area contributed by atoms with E-state index in [1.807, 2.05) is 0 Å². The van der Waals surface area contributed by atoms with Crippen LogP contribution >= 0.6 is 0 Å². The molecule has 0 fully saturated rings. The van der Waals surface area contributed by atoms with Crippen LogP contribution in [0.2, 0.25) is 0 Å². The molecule has 1 atom stereocenters. The third-order valence-electron chi connectivity index (χ3n) is 0.765. The van der Waals surface area contributed by atoms with Crippen molar-refractivity contribution in [3.8, 4) is 0 Å². The van der Waals surface area contributed by atoms with Gasteiger partial charge in [-0.3, -0.25) is 0 Å². The van der Waals surface area contributed by atoms with E-state index in [-0.39, 0.29) is 6.61 Å². The van der Waals surface area contributed by atoms with Gasteiger partial charge in [-0.2, -0.15) is 0 Å². The molecular formula is C5H10F2O3. The second-order valence-electron chi connectivity index (χ2n) is 1.76. The zero-order valence-corrected chi connectivity index (χ0v) is 5.33. The zero-order chi connectivity index (χ0) is 7.98. The molecule has 0 aliphatic carbocycles. The Labute approximate surface area is 57.2 Å². The van der Waals surface area contributed by atoms with Gasteiger partial charge in [-0.05, 0) is 0 Å². The molecular weight excluding hydrogens is 146 g/mol. The molecule has 62 valence electrons. The van der Waals surface area contributed by atoms with Crippen LogP contribution in [0, 0.1) is 0 Å². The second kappa shape index (κ2) is 5.52. The van der Waals surface area contributed by atoms with Crippen LogP contribution in [-0.2, 0) is 4.74 Å². The highest BCUT2D eigenvalue weighted by Gasteiger charge is 2.05. The van der Waals surface area contributed by atoms with Crippen LogP contribution in [0.5, 0.6) is 0 Å². The van der Waals surface area contributed by atoms with Crippen molar-refractivity contribution in [2.24, 2.45) is 0 Å². The summed E-state index contributed by atoms with van der Waals surface area (Å²) in [4.78, 5) is 0. The van der Waals surface area contributed by atoms with Crippen molar-refractivity contribution < 1.29 is 23.7 Å². The Bertz CT molecular complexity index is 79.3. The number of hydrogen-bond donors (Lipinski definition) is 2. The van der Waals surface area contributed by atoms with Gasteiger partial charge in [0.1, 0.15) is 12.7 Å². The van der Waals surface area contributed by atoms with Crippen LogP contribution in [0.4, 0.5) is 8.78 Å². The number of aliphatic hydroxyl groups is 2. The molecule has 0 aliphatic rings. The van der Waals surface area contributed by atoms with Crippen LogP contribution < -0.4 is 0 Å². The molecule has 2 N–H and O–H groups in total. The Balaban J connectivity index is 3.03. The summed E-state index contributed by atoms with van der Waals surface area (Å²) in [6.07, 6.45) is -3.58. The minimum atomic E-state index is -2.52. The van der Waals surface area contributed by atoms with Crippen molar-refractivity contribution in [3.05, 3.63) is 0 Å². The van der Waals surface area contributed by atoms with Crippen molar-refractivity contribution in [1.82, 2.24) is 0 Å². The lowest BCUT2D eigenvalue weighted by Crippen LogP contribution is -2.21. The van der Waals surface area contributed by atoms with Crippen molar-refractivity contribution in [2.75, 3.05) is 19.8 Å². The van der Waals surface area contributed by atoms with Gasteiger partial charge in [-0.25, -0.2) is 8.78 Å². The molecule has 0 spiro atoms. The van der Waals surface area contributed by atoms with E-state index in [0.29, 0.717) is 0 Å². The number of aliphatic hydroxyl groups excluding tert-OH is 2. The van der Waals surface area contributed by atoms with E-state index in [1.54, 1.807) is 0 Å². The van der Waals surface area contributed by atoms with E-state index in [0.717, 1.165) is 0 Å². The summed E-state index contributed by atoms with van der Waals surface area (Å²) in [5, 5.41) is 16.7. The lowest BCUT2D eigenvalue weighted by molar-refractivity contribution is -0.0336. The molecule has 0 aromatic carbocycles. The summed E-state index contributed by atoms with van der Waals surface area (Å²) >= 11 is 0. The summed E-state index contributed by atoms with van der Waals surface area (Å²) in [7, 11) is 0. The number of hydrogen-bond acceptors (Lipinski definition) is 3. The van der Waals surface area contributed by atoms with E-state index in [4.69, 9.17) is 10.2 Å². The Morgan fingerprint density at radius 3 is 2.30 bits per heavy atom. The van der Waals surface area contributed by atoms with Crippen LogP contribution in [0.25, 0.3) is 0 Å². The van der Waals surface area contributed by atoms with Crippen LogP contribution in [0.3, 0.4) is 0 Å². The fraction of sp³-hybridized carbons (Fsp3) is 1.00. The quantitative estimate of drug-likeness (QED) is 0.570.